The molecule has 0 radical (unpaired) electrons. The molecule has 25 heavy (non-hydrogen) atoms. The van der Waals surface area contributed by atoms with Crippen LogP contribution in [0.15, 0.2) is 48.7 Å². The zero-order valence-electron chi connectivity index (χ0n) is 14.4. The van der Waals surface area contributed by atoms with Gasteiger partial charge in [-0.2, -0.15) is 0 Å². The van der Waals surface area contributed by atoms with E-state index in [0.717, 1.165) is 34.9 Å². The van der Waals surface area contributed by atoms with E-state index < -0.39 is 0 Å². The van der Waals surface area contributed by atoms with Gasteiger partial charge in [0.2, 0.25) is 0 Å². The van der Waals surface area contributed by atoms with Crippen molar-refractivity contribution in [3.05, 3.63) is 65.5 Å². The van der Waals surface area contributed by atoms with Crippen LogP contribution in [0.5, 0.6) is 5.75 Å². The minimum absolute atomic E-state index is 0.116. The molecule has 5 nitrogen and oxygen atoms in total. The summed E-state index contributed by atoms with van der Waals surface area (Å²) in [5.74, 6) is 2.47. The number of fused-ring (bicyclic) bond motifs is 1. The van der Waals surface area contributed by atoms with Gasteiger partial charge in [-0.15, -0.1) is 0 Å². The van der Waals surface area contributed by atoms with Crippen LogP contribution in [0.3, 0.4) is 0 Å². The number of benzene rings is 1. The number of anilines is 1. The standard InChI is InChI=1S/C20H20N4O/c1-13-14(2)23-20(17-8-5-6-10-21-17)24-19(13)22-12-16-11-15-7-3-4-9-18(15)25-16/h3-10,16H,11-12H2,1-2H3,(H,22,23,24). The van der Waals surface area contributed by atoms with E-state index in [9.17, 15) is 0 Å². The first-order chi connectivity index (χ1) is 12.2. The largest absolute Gasteiger partial charge is 0.488 e. The Morgan fingerprint density at radius 1 is 1.08 bits per heavy atom. The van der Waals surface area contributed by atoms with Gasteiger partial charge in [0.05, 0.1) is 6.54 Å². The van der Waals surface area contributed by atoms with Gasteiger partial charge >= 0.3 is 0 Å². The molecule has 0 amide bonds. The van der Waals surface area contributed by atoms with Crippen molar-refractivity contribution in [3.8, 4) is 17.3 Å². The Hall–Kier alpha value is -2.95. The molecule has 126 valence electrons. The lowest BCUT2D eigenvalue weighted by atomic mass is 10.1. The van der Waals surface area contributed by atoms with Gasteiger partial charge < -0.3 is 10.1 Å². The molecule has 0 saturated heterocycles. The maximum atomic E-state index is 6.00. The quantitative estimate of drug-likeness (QED) is 0.791. The number of ether oxygens (including phenoxy) is 1. The smallest absolute Gasteiger partial charge is 0.180 e. The van der Waals surface area contributed by atoms with Crippen LogP contribution >= 0.6 is 0 Å². The molecule has 1 aromatic carbocycles. The molecular formula is C20H20N4O. The number of nitrogens with zero attached hydrogens (tertiary/aromatic N) is 3. The molecule has 2 aromatic heterocycles. The molecule has 0 bridgehead atoms. The van der Waals surface area contributed by atoms with Gasteiger partial charge in [-0.1, -0.05) is 24.3 Å². The van der Waals surface area contributed by atoms with Gasteiger partial charge in [0.25, 0.3) is 0 Å². The third kappa shape index (κ3) is 3.18. The second-order valence-electron chi connectivity index (χ2n) is 6.25. The highest BCUT2D eigenvalue weighted by atomic mass is 16.5. The van der Waals surface area contributed by atoms with E-state index in [1.54, 1.807) is 6.20 Å². The molecule has 3 heterocycles. The van der Waals surface area contributed by atoms with Gasteiger partial charge in [0, 0.05) is 23.9 Å². The molecule has 0 saturated carbocycles. The van der Waals surface area contributed by atoms with Crippen molar-refractivity contribution in [2.45, 2.75) is 26.4 Å². The Balaban J connectivity index is 1.52. The van der Waals surface area contributed by atoms with Crippen LogP contribution in [0.2, 0.25) is 0 Å². The summed E-state index contributed by atoms with van der Waals surface area (Å²) in [6, 6.07) is 13.9. The maximum absolute atomic E-state index is 6.00. The lowest BCUT2D eigenvalue weighted by Gasteiger charge is -2.15. The van der Waals surface area contributed by atoms with Crippen molar-refractivity contribution in [1.29, 1.82) is 0 Å². The third-order valence-electron chi connectivity index (χ3n) is 4.49. The van der Waals surface area contributed by atoms with Gasteiger partial charge in [0.1, 0.15) is 23.4 Å². The van der Waals surface area contributed by atoms with Crippen LogP contribution in [0, 0.1) is 13.8 Å². The lowest BCUT2D eigenvalue weighted by molar-refractivity contribution is 0.246. The monoisotopic (exact) mass is 332 g/mol. The summed E-state index contributed by atoms with van der Waals surface area (Å²) in [7, 11) is 0. The number of aryl methyl sites for hydroxylation is 1. The summed E-state index contributed by atoms with van der Waals surface area (Å²) in [5.41, 5.74) is 4.04. The molecule has 1 aliphatic rings. The predicted molar refractivity (Wildman–Crippen MR) is 97.8 cm³/mol. The number of nitrogens with one attached hydrogen (secondary N) is 1. The fraction of sp³-hybridized carbons (Fsp3) is 0.250. The van der Waals surface area contributed by atoms with E-state index in [2.05, 4.69) is 32.4 Å². The van der Waals surface area contributed by atoms with E-state index in [1.165, 1.54) is 5.56 Å². The van der Waals surface area contributed by atoms with Crippen molar-refractivity contribution < 1.29 is 4.74 Å². The Bertz CT molecular complexity index is 870. The highest BCUT2D eigenvalue weighted by Gasteiger charge is 2.22. The summed E-state index contributed by atoms with van der Waals surface area (Å²) in [6.45, 7) is 4.73. The zero-order chi connectivity index (χ0) is 17.2. The van der Waals surface area contributed by atoms with Crippen LogP contribution in [0.1, 0.15) is 16.8 Å². The van der Waals surface area contributed by atoms with Gasteiger partial charge in [-0.25, -0.2) is 9.97 Å². The Morgan fingerprint density at radius 3 is 2.72 bits per heavy atom. The van der Waals surface area contributed by atoms with Crippen LogP contribution < -0.4 is 10.1 Å². The van der Waals surface area contributed by atoms with Crippen molar-refractivity contribution in [1.82, 2.24) is 15.0 Å². The van der Waals surface area contributed by atoms with E-state index in [4.69, 9.17) is 4.74 Å². The van der Waals surface area contributed by atoms with Crippen molar-refractivity contribution in [2.75, 3.05) is 11.9 Å². The number of hydrogen-bond acceptors (Lipinski definition) is 5. The number of para-hydroxylation sites is 1. The molecular weight excluding hydrogens is 312 g/mol. The fourth-order valence-corrected chi connectivity index (χ4v) is 2.99. The summed E-state index contributed by atoms with van der Waals surface area (Å²) in [4.78, 5) is 13.6. The van der Waals surface area contributed by atoms with Gasteiger partial charge in [0.15, 0.2) is 5.82 Å². The Morgan fingerprint density at radius 2 is 1.92 bits per heavy atom. The molecule has 4 rings (SSSR count). The topological polar surface area (TPSA) is 59.9 Å². The summed E-state index contributed by atoms with van der Waals surface area (Å²) in [6.07, 6.45) is 2.79. The maximum Gasteiger partial charge on any atom is 0.180 e. The lowest BCUT2D eigenvalue weighted by Crippen LogP contribution is -2.25. The number of rotatable bonds is 4. The molecule has 3 aromatic rings. The normalized spacial score (nSPS) is 15.5. The molecule has 0 fully saturated rings. The van der Waals surface area contributed by atoms with Gasteiger partial charge in [-0.3, -0.25) is 4.98 Å². The van der Waals surface area contributed by atoms with Gasteiger partial charge in [-0.05, 0) is 37.6 Å². The molecule has 0 aliphatic carbocycles. The zero-order valence-corrected chi connectivity index (χ0v) is 14.4. The first-order valence-electron chi connectivity index (χ1n) is 8.46. The minimum atomic E-state index is 0.116. The molecule has 1 unspecified atom stereocenters. The molecule has 1 N–H and O–H groups in total. The second kappa shape index (κ2) is 6.51. The number of aromatic nitrogens is 3. The number of hydrogen-bond donors (Lipinski definition) is 1. The first kappa shape index (κ1) is 15.6. The average Bonchev–Trinajstić information content (AvgIpc) is 3.06. The van der Waals surface area contributed by atoms with Crippen LogP contribution in [-0.2, 0) is 6.42 Å². The van der Waals surface area contributed by atoms with Crippen molar-refractivity contribution >= 4 is 5.82 Å². The predicted octanol–water partition coefficient (Wildman–Crippen LogP) is 3.57. The van der Waals surface area contributed by atoms with E-state index in [-0.39, 0.29) is 6.10 Å². The highest BCUT2D eigenvalue weighted by Crippen LogP contribution is 2.28. The summed E-state index contributed by atoms with van der Waals surface area (Å²) >= 11 is 0. The van der Waals surface area contributed by atoms with Crippen LogP contribution in [0.4, 0.5) is 5.82 Å². The third-order valence-corrected chi connectivity index (χ3v) is 4.49. The molecule has 0 spiro atoms. The SMILES string of the molecule is Cc1nc(-c2ccccn2)nc(NCC2Cc3ccccc3O2)c1C. The summed E-state index contributed by atoms with van der Waals surface area (Å²) < 4.78 is 6.00. The van der Waals surface area contributed by atoms with Crippen molar-refractivity contribution in [3.63, 3.8) is 0 Å². The Labute approximate surface area is 147 Å². The minimum Gasteiger partial charge on any atom is -0.488 e. The van der Waals surface area contributed by atoms with E-state index in [0.29, 0.717) is 12.4 Å². The molecule has 5 heteroatoms. The fourth-order valence-electron chi connectivity index (χ4n) is 2.99. The van der Waals surface area contributed by atoms with E-state index in [1.807, 2.05) is 44.2 Å². The first-order valence-corrected chi connectivity index (χ1v) is 8.46. The number of pyridine rings is 1. The molecule has 1 atom stereocenters. The summed E-state index contributed by atoms with van der Waals surface area (Å²) in [5, 5.41) is 3.44. The molecule has 1 aliphatic heterocycles. The Kier molecular flexibility index (Phi) is 4.06. The average molecular weight is 332 g/mol. The van der Waals surface area contributed by atoms with Crippen molar-refractivity contribution in [2.24, 2.45) is 0 Å². The van der Waals surface area contributed by atoms with Crippen LogP contribution in [0.25, 0.3) is 11.5 Å². The van der Waals surface area contributed by atoms with Crippen LogP contribution in [-0.4, -0.2) is 27.6 Å². The second-order valence-corrected chi connectivity index (χ2v) is 6.25. The highest BCUT2D eigenvalue weighted by molar-refractivity contribution is 5.56. The van der Waals surface area contributed by atoms with E-state index >= 15 is 0 Å².